The molecule has 0 unspecified atom stereocenters. The highest BCUT2D eigenvalue weighted by atomic mass is 16.2. The summed E-state index contributed by atoms with van der Waals surface area (Å²) in [6.45, 7) is 6.17. The molecule has 1 heterocycles. The SMILES string of the molecule is C=CCNC(=O)CN1CCc2cccc(N)c2C1. The Morgan fingerprint density at radius 2 is 2.39 bits per heavy atom. The maximum absolute atomic E-state index is 11.6. The Hall–Kier alpha value is -1.81. The van der Waals surface area contributed by atoms with Crippen LogP contribution in [-0.4, -0.2) is 30.4 Å². The quantitative estimate of drug-likeness (QED) is 0.613. The van der Waals surface area contributed by atoms with Crippen molar-refractivity contribution >= 4 is 11.6 Å². The molecule has 4 heteroatoms. The lowest BCUT2D eigenvalue weighted by molar-refractivity contribution is -0.122. The average molecular weight is 245 g/mol. The standard InChI is InChI=1S/C14H19N3O/c1-2-7-16-14(18)10-17-8-6-11-4-3-5-13(15)12(11)9-17/h2-5H,1,6-10,15H2,(H,16,18). The van der Waals surface area contributed by atoms with Crippen molar-refractivity contribution in [2.75, 3.05) is 25.4 Å². The minimum atomic E-state index is 0.0350. The first-order valence-electron chi connectivity index (χ1n) is 6.17. The van der Waals surface area contributed by atoms with Crippen LogP contribution in [0.4, 0.5) is 5.69 Å². The number of fused-ring (bicyclic) bond motifs is 1. The molecule has 0 bridgehead atoms. The summed E-state index contributed by atoms with van der Waals surface area (Å²) in [5.74, 6) is 0.0350. The summed E-state index contributed by atoms with van der Waals surface area (Å²) in [4.78, 5) is 13.8. The Bertz CT molecular complexity index is 456. The van der Waals surface area contributed by atoms with Crippen LogP contribution in [0.3, 0.4) is 0 Å². The summed E-state index contributed by atoms with van der Waals surface area (Å²) in [6, 6.07) is 6.02. The molecule has 1 aromatic rings. The molecule has 1 aromatic carbocycles. The smallest absolute Gasteiger partial charge is 0.234 e. The van der Waals surface area contributed by atoms with Crippen molar-refractivity contribution in [3.05, 3.63) is 42.0 Å². The van der Waals surface area contributed by atoms with Gasteiger partial charge in [-0.1, -0.05) is 18.2 Å². The maximum atomic E-state index is 11.6. The molecule has 0 atom stereocenters. The van der Waals surface area contributed by atoms with Gasteiger partial charge in [0.1, 0.15) is 0 Å². The number of carbonyl (C=O) groups excluding carboxylic acids is 1. The van der Waals surface area contributed by atoms with Gasteiger partial charge in [0, 0.05) is 25.3 Å². The van der Waals surface area contributed by atoms with Gasteiger partial charge < -0.3 is 11.1 Å². The lowest BCUT2D eigenvalue weighted by Crippen LogP contribution is -2.40. The summed E-state index contributed by atoms with van der Waals surface area (Å²) in [5.41, 5.74) is 9.27. The number of nitrogens with one attached hydrogen (secondary N) is 1. The van der Waals surface area contributed by atoms with Gasteiger partial charge >= 0.3 is 0 Å². The Kier molecular flexibility index (Phi) is 3.99. The summed E-state index contributed by atoms with van der Waals surface area (Å²) >= 11 is 0. The summed E-state index contributed by atoms with van der Waals surface area (Å²) in [6.07, 6.45) is 2.64. The van der Waals surface area contributed by atoms with Crippen LogP contribution in [0.15, 0.2) is 30.9 Å². The van der Waals surface area contributed by atoms with Crippen LogP contribution in [0.2, 0.25) is 0 Å². The van der Waals surface area contributed by atoms with Crippen molar-refractivity contribution in [1.82, 2.24) is 10.2 Å². The molecule has 0 fully saturated rings. The van der Waals surface area contributed by atoms with E-state index in [-0.39, 0.29) is 5.91 Å². The fourth-order valence-corrected chi connectivity index (χ4v) is 2.24. The van der Waals surface area contributed by atoms with Crippen LogP contribution in [0.5, 0.6) is 0 Å². The molecular formula is C14H19N3O. The largest absolute Gasteiger partial charge is 0.398 e. The number of nitrogens with zero attached hydrogens (tertiary/aromatic N) is 1. The number of hydrogen-bond acceptors (Lipinski definition) is 3. The molecular weight excluding hydrogens is 226 g/mol. The second kappa shape index (κ2) is 5.69. The summed E-state index contributed by atoms with van der Waals surface area (Å²) < 4.78 is 0. The first-order chi connectivity index (χ1) is 8.70. The minimum Gasteiger partial charge on any atom is -0.398 e. The van der Waals surface area contributed by atoms with Gasteiger partial charge in [0.15, 0.2) is 0 Å². The van der Waals surface area contributed by atoms with E-state index >= 15 is 0 Å². The number of anilines is 1. The Morgan fingerprint density at radius 3 is 3.17 bits per heavy atom. The van der Waals surface area contributed by atoms with Crippen molar-refractivity contribution in [1.29, 1.82) is 0 Å². The monoisotopic (exact) mass is 245 g/mol. The zero-order valence-electron chi connectivity index (χ0n) is 10.5. The molecule has 0 saturated carbocycles. The molecule has 1 aliphatic heterocycles. The topological polar surface area (TPSA) is 58.4 Å². The first kappa shape index (κ1) is 12.6. The van der Waals surface area contributed by atoms with E-state index in [0.29, 0.717) is 13.1 Å². The average Bonchev–Trinajstić information content (AvgIpc) is 2.37. The Morgan fingerprint density at radius 1 is 1.56 bits per heavy atom. The minimum absolute atomic E-state index is 0.0350. The highest BCUT2D eigenvalue weighted by Gasteiger charge is 2.19. The van der Waals surface area contributed by atoms with E-state index < -0.39 is 0 Å². The molecule has 1 amide bonds. The predicted octanol–water partition coefficient (Wildman–Crippen LogP) is 0.929. The van der Waals surface area contributed by atoms with E-state index in [1.165, 1.54) is 11.1 Å². The molecule has 0 spiro atoms. The number of amides is 1. The van der Waals surface area contributed by atoms with Crippen molar-refractivity contribution in [3.63, 3.8) is 0 Å². The first-order valence-corrected chi connectivity index (χ1v) is 6.17. The number of rotatable bonds is 4. The number of hydrogen-bond donors (Lipinski definition) is 2. The van der Waals surface area contributed by atoms with E-state index in [1.54, 1.807) is 6.08 Å². The molecule has 2 rings (SSSR count). The summed E-state index contributed by atoms with van der Waals surface area (Å²) in [5, 5.41) is 2.79. The molecule has 96 valence electrons. The van der Waals surface area contributed by atoms with Crippen LogP contribution < -0.4 is 11.1 Å². The molecule has 4 nitrogen and oxygen atoms in total. The van der Waals surface area contributed by atoms with E-state index in [2.05, 4.69) is 22.9 Å². The number of benzene rings is 1. The van der Waals surface area contributed by atoms with Gasteiger partial charge in [-0.15, -0.1) is 6.58 Å². The van der Waals surface area contributed by atoms with Crippen LogP contribution in [-0.2, 0) is 17.8 Å². The Labute approximate surface area is 107 Å². The van der Waals surface area contributed by atoms with Gasteiger partial charge in [0.25, 0.3) is 0 Å². The second-order valence-corrected chi connectivity index (χ2v) is 4.54. The number of carbonyl (C=O) groups is 1. The molecule has 0 radical (unpaired) electrons. The lowest BCUT2D eigenvalue weighted by Gasteiger charge is -2.28. The third-order valence-electron chi connectivity index (χ3n) is 3.20. The fraction of sp³-hybridized carbons (Fsp3) is 0.357. The van der Waals surface area contributed by atoms with Gasteiger partial charge in [0.2, 0.25) is 5.91 Å². The third-order valence-corrected chi connectivity index (χ3v) is 3.20. The maximum Gasteiger partial charge on any atom is 0.234 e. The lowest BCUT2D eigenvalue weighted by atomic mass is 9.98. The van der Waals surface area contributed by atoms with Gasteiger partial charge in [-0.25, -0.2) is 0 Å². The van der Waals surface area contributed by atoms with Gasteiger partial charge in [0.05, 0.1) is 6.54 Å². The van der Waals surface area contributed by atoms with Crippen LogP contribution in [0.1, 0.15) is 11.1 Å². The fourth-order valence-electron chi connectivity index (χ4n) is 2.24. The second-order valence-electron chi connectivity index (χ2n) is 4.54. The summed E-state index contributed by atoms with van der Waals surface area (Å²) in [7, 11) is 0. The normalized spacial score (nSPS) is 14.9. The molecule has 0 aromatic heterocycles. The third kappa shape index (κ3) is 2.90. The molecule has 0 aliphatic carbocycles. The molecule has 18 heavy (non-hydrogen) atoms. The van der Waals surface area contributed by atoms with Crippen LogP contribution in [0, 0.1) is 0 Å². The van der Waals surface area contributed by atoms with Gasteiger partial charge in [-0.05, 0) is 23.6 Å². The number of nitrogens with two attached hydrogens (primary N) is 1. The zero-order chi connectivity index (χ0) is 13.0. The van der Waals surface area contributed by atoms with Crippen LogP contribution >= 0.6 is 0 Å². The molecule has 0 saturated heterocycles. The van der Waals surface area contributed by atoms with Crippen molar-refractivity contribution in [2.24, 2.45) is 0 Å². The Balaban J connectivity index is 1.97. The van der Waals surface area contributed by atoms with E-state index in [1.807, 2.05) is 12.1 Å². The van der Waals surface area contributed by atoms with Gasteiger partial charge in [-0.3, -0.25) is 9.69 Å². The predicted molar refractivity (Wildman–Crippen MR) is 73.0 cm³/mol. The zero-order valence-corrected chi connectivity index (χ0v) is 10.5. The van der Waals surface area contributed by atoms with E-state index in [9.17, 15) is 4.79 Å². The highest BCUT2D eigenvalue weighted by Crippen LogP contribution is 2.23. The van der Waals surface area contributed by atoms with E-state index in [0.717, 1.165) is 25.2 Å². The van der Waals surface area contributed by atoms with Crippen molar-refractivity contribution < 1.29 is 4.79 Å². The van der Waals surface area contributed by atoms with E-state index in [4.69, 9.17) is 5.73 Å². The van der Waals surface area contributed by atoms with Crippen molar-refractivity contribution in [3.8, 4) is 0 Å². The number of nitrogen functional groups attached to an aromatic ring is 1. The molecule has 1 aliphatic rings. The van der Waals surface area contributed by atoms with Crippen LogP contribution in [0.25, 0.3) is 0 Å². The highest BCUT2D eigenvalue weighted by molar-refractivity contribution is 5.78. The van der Waals surface area contributed by atoms with Crippen molar-refractivity contribution in [2.45, 2.75) is 13.0 Å². The van der Waals surface area contributed by atoms with Gasteiger partial charge in [-0.2, -0.15) is 0 Å². The molecule has 3 N–H and O–H groups in total.